The second kappa shape index (κ2) is 6.62. The molecule has 0 unspecified atom stereocenters. The fourth-order valence-electron chi connectivity index (χ4n) is 2.64. The molecule has 2 rings (SSSR count). The lowest BCUT2D eigenvalue weighted by atomic mass is 10.0. The van der Waals surface area contributed by atoms with Gasteiger partial charge in [-0.3, -0.25) is 0 Å². The predicted molar refractivity (Wildman–Crippen MR) is 85.2 cm³/mol. The van der Waals surface area contributed by atoms with Crippen LogP contribution in [-0.4, -0.2) is 42.7 Å². The minimum absolute atomic E-state index is 0.0635. The van der Waals surface area contributed by atoms with Crippen LogP contribution in [0.1, 0.15) is 25.3 Å². The van der Waals surface area contributed by atoms with E-state index in [0.717, 1.165) is 5.56 Å². The largest absolute Gasteiger partial charge is 0.328 e. The van der Waals surface area contributed by atoms with E-state index >= 15 is 0 Å². The van der Waals surface area contributed by atoms with Crippen molar-refractivity contribution in [3.63, 3.8) is 0 Å². The molecule has 1 aliphatic rings. The van der Waals surface area contributed by atoms with E-state index in [9.17, 15) is 8.42 Å². The number of hydrogen-bond acceptors (Lipinski definition) is 3. The number of benzene rings is 1. The van der Waals surface area contributed by atoms with Crippen LogP contribution in [0.25, 0.3) is 0 Å². The lowest BCUT2D eigenvalue weighted by molar-refractivity contribution is 0.231. The molecule has 1 aromatic rings. The maximum absolute atomic E-state index is 12.7. The molecule has 1 heterocycles. The van der Waals surface area contributed by atoms with E-state index < -0.39 is 10.2 Å². The van der Waals surface area contributed by atoms with Crippen LogP contribution < -0.4 is 5.73 Å². The Bertz CT molecular complexity index is 576. The molecule has 2 atom stereocenters. The van der Waals surface area contributed by atoms with Gasteiger partial charge in [-0.15, -0.1) is 0 Å². The molecule has 0 spiro atoms. The smallest absolute Gasteiger partial charge is 0.282 e. The van der Waals surface area contributed by atoms with E-state index in [2.05, 4.69) is 0 Å². The summed E-state index contributed by atoms with van der Waals surface area (Å²) in [7, 11) is -1.86. The SMILES string of the molecule is C[C@H]1C[C@H](N)CCN1S(=O)(=O)N(C)Cc1ccc(Cl)cc1. The molecular weight excluding hydrogens is 310 g/mol. The Morgan fingerprint density at radius 2 is 2.00 bits per heavy atom. The summed E-state index contributed by atoms with van der Waals surface area (Å²) in [4.78, 5) is 0. The minimum atomic E-state index is -3.46. The van der Waals surface area contributed by atoms with Crippen LogP contribution in [-0.2, 0) is 16.8 Å². The van der Waals surface area contributed by atoms with Crippen LogP contribution >= 0.6 is 11.6 Å². The summed E-state index contributed by atoms with van der Waals surface area (Å²) >= 11 is 5.84. The maximum Gasteiger partial charge on any atom is 0.282 e. The summed E-state index contributed by atoms with van der Waals surface area (Å²) in [6.07, 6.45) is 1.41. The first-order valence-corrected chi connectivity index (χ1v) is 8.81. The topological polar surface area (TPSA) is 66.6 Å². The van der Waals surface area contributed by atoms with E-state index in [0.29, 0.717) is 31.0 Å². The zero-order valence-electron chi connectivity index (χ0n) is 12.4. The molecule has 0 aromatic heterocycles. The van der Waals surface area contributed by atoms with Crippen molar-refractivity contribution in [3.8, 4) is 0 Å². The highest BCUT2D eigenvalue weighted by atomic mass is 35.5. The highest BCUT2D eigenvalue weighted by molar-refractivity contribution is 7.86. The van der Waals surface area contributed by atoms with Gasteiger partial charge in [0.25, 0.3) is 10.2 Å². The zero-order chi connectivity index (χ0) is 15.6. The van der Waals surface area contributed by atoms with E-state index in [1.165, 1.54) is 4.31 Å². The van der Waals surface area contributed by atoms with Gasteiger partial charge in [-0.25, -0.2) is 0 Å². The standard InChI is InChI=1S/C14H22ClN3O2S/c1-11-9-14(16)7-8-18(11)21(19,20)17(2)10-12-3-5-13(15)6-4-12/h3-6,11,14H,7-10,16H2,1-2H3/t11-,14+/m0/s1. The van der Waals surface area contributed by atoms with Crippen LogP contribution in [0, 0.1) is 0 Å². The molecule has 1 aromatic carbocycles. The Morgan fingerprint density at radius 1 is 1.38 bits per heavy atom. The normalized spacial score (nSPS) is 24.4. The van der Waals surface area contributed by atoms with Gasteiger partial charge in [0.15, 0.2) is 0 Å². The number of nitrogens with two attached hydrogens (primary N) is 1. The molecule has 2 N–H and O–H groups in total. The van der Waals surface area contributed by atoms with Crippen molar-refractivity contribution in [2.75, 3.05) is 13.6 Å². The molecule has 0 radical (unpaired) electrons. The van der Waals surface area contributed by atoms with Crippen molar-refractivity contribution in [2.45, 2.75) is 38.4 Å². The van der Waals surface area contributed by atoms with Crippen LogP contribution in [0.5, 0.6) is 0 Å². The third-order valence-corrected chi connectivity index (χ3v) is 6.17. The molecule has 7 heteroatoms. The first kappa shape index (κ1) is 16.7. The second-order valence-corrected chi connectivity index (χ2v) is 8.06. The lowest BCUT2D eigenvalue weighted by Gasteiger charge is -2.37. The van der Waals surface area contributed by atoms with Gasteiger partial charge in [-0.2, -0.15) is 17.0 Å². The average Bonchev–Trinajstić information content (AvgIpc) is 2.40. The van der Waals surface area contributed by atoms with Crippen molar-refractivity contribution in [3.05, 3.63) is 34.9 Å². The summed E-state index contributed by atoms with van der Waals surface area (Å²) in [5.74, 6) is 0. The fourth-order valence-corrected chi connectivity index (χ4v) is 4.31. The van der Waals surface area contributed by atoms with Crippen LogP contribution in [0.3, 0.4) is 0 Å². The van der Waals surface area contributed by atoms with E-state index in [4.69, 9.17) is 17.3 Å². The van der Waals surface area contributed by atoms with E-state index in [-0.39, 0.29) is 12.1 Å². The number of hydrogen-bond donors (Lipinski definition) is 1. The number of nitrogens with zero attached hydrogens (tertiary/aromatic N) is 2. The second-order valence-electron chi connectivity index (χ2n) is 5.63. The van der Waals surface area contributed by atoms with Crippen LogP contribution in [0.4, 0.5) is 0 Å². The molecular formula is C14H22ClN3O2S. The third-order valence-electron chi connectivity index (χ3n) is 3.86. The summed E-state index contributed by atoms with van der Waals surface area (Å²) in [5, 5.41) is 0.642. The van der Waals surface area contributed by atoms with Gasteiger partial charge in [0.05, 0.1) is 0 Å². The van der Waals surface area contributed by atoms with Crippen molar-refractivity contribution in [1.82, 2.24) is 8.61 Å². The quantitative estimate of drug-likeness (QED) is 0.915. The highest BCUT2D eigenvalue weighted by Crippen LogP contribution is 2.22. The molecule has 118 valence electrons. The highest BCUT2D eigenvalue weighted by Gasteiger charge is 2.34. The summed E-state index contributed by atoms with van der Waals surface area (Å²) < 4.78 is 28.2. The van der Waals surface area contributed by atoms with Crippen molar-refractivity contribution >= 4 is 21.8 Å². The average molecular weight is 332 g/mol. The van der Waals surface area contributed by atoms with Gasteiger partial charge in [0, 0.05) is 37.2 Å². The summed E-state index contributed by atoms with van der Waals surface area (Å²) in [6, 6.07) is 7.23. The Kier molecular flexibility index (Phi) is 5.27. The molecule has 1 saturated heterocycles. The molecule has 0 aliphatic carbocycles. The third kappa shape index (κ3) is 3.96. The Labute approximate surface area is 131 Å². The van der Waals surface area contributed by atoms with Crippen molar-refractivity contribution in [1.29, 1.82) is 0 Å². The van der Waals surface area contributed by atoms with Crippen LogP contribution in [0.2, 0.25) is 5.02 Å². The summed E-state index contributed by atoms with van der Waals surface area (Å²) in [6.45, 7) is 2.72. The monoisotopic (exact) mass is 331 g/mol. The molecule has 1 aliphatic heterocycles. The number of piperidine rings is 1. The molecule has 0 amide bonds. The molecule has 21 heavy (non-hydrogen) atoms. The lowest BCUT2D eigenvalue weighted by Crippen LogP contribution is -2.52. The molecule has 0 saturated carbocycles. The van der Waals surface area contributed by atoms with Crippen LogP contribution in [0.15, 0.2) is 24.3 Å². The Morgan fingerprint density at radius 3 is 2.57 bits per heavy atom. The summed E-state index contributed by atoms with van der Waals surface area (Å²) in [5.41, 5.74) is 6.81. The first-order chi connectivity index (χ1) is 9.80. The Hall–Kier alpha value is -0.660. The van der Waals surface area contributed by atoms with Crippen molar-refractivity contribution in [2.24, 2.45) is 5.73 Å². The van der Waals surface area contributed by atoms with E-state index in [1.807, 2.05) is 19.1 Å². The van der Waals surface area contributed by atoms with Gasteiger partial charge >= 0.3 is 0 Å². The zero-order valence-corrected chi connectivity index (χ0v) is 13.9. The molecule has 0 bridgehead atoms. The van der Waals surface area contributed by atoms with Crippen molar-refractivity contribution < 1.29 is 8.42 Å². The van der Waals surface area contributed by atoms with Gasteiger partial charge in [-0.05, 0) is 37.5 Å². The maximum atomic E-state index is 12.7. The van der Waals surface area contributed by atoms with Gasteiger partial charge in [0.2, 0.25) is 0 Å². The van der Waals surface area contributed by atoms with E-state index in [1.54, 1.807) is 23.5 Å². The first-order valence-electron chi connectivity index (χ1n) is 7.04. The Balaban J connectivity index is 2.09. The van der Waals surface area contributed by atoms with Gasteiger partial charge in [-0.1, -0.05) is 23.7 Å². The van der Waals surface area contributed by atoms with Gasteiger partial charge in [0.1, 0.15) is 0 Å². The fraction of sp³-hybridized carbons (Fsp3) is 0.571. The van der Waals surface area contributed by atoms with Gasteiger partial charge < -0.3 is 5.73 Å². The predicted octanol–water partition coefficient (Wildman–Crippen LogP) is 1.83. The molecule has 5 nitrogen and oxygen atoms in total. The molecule has 1 fully saturated rings. The number of halogens is 1. The number of rotatable bonds is 4. The minimum Gasteiger partial charge on any atom is -0.328 e.